The Bertz CT molecular complexity index is 505. The summed E-state index contributed by atoms with van der Waals surface area (Å²) < 4.78 is 5.93. The summed E-state index contributed by atoms with van der Waals surface area (Å²) in [6.07, 6.45) is 4.71. The van der Waals surface area contributed by atoms with Crippen molar-refractivity contribution in [3.63, 3.8) is 0 Å². The molecule has 2 aromatic rings. The predicted molar refractivity (Wildman–Crippen MR) is 73.4 cm³/mol. The maximum absolute atomic E-state index is 5.93. The molecule has 0 aliphatic rings. The van der Waals surface area contributed by atoms with E-state index >= 15 is 0 Å². The van der Waals surface area contributed by atoms with Crippen molar-refractivity contribution in [2.45, 2.75) is 33.2 Å². The van der Waals surface area contributed by atoms with E-state index in [0.717, 1.165) is 35.6 Å². The number of rotatable bonds is 5. The lowest BCUT2D eigenvalue weighted by molar-refractivity contribution is 0.417. The molecule has 2 aromatic heterocycles. The third-order valence-corrected chi connectivity index (χ3v) is 2.99. The molecule has 0 aliphatic carbocycles. The van der Waals surface area contributed by atoms with E-state index in [4.69, 9.17) is 4.42 Å². The van der Waals surface area contributed by atoms with Crippen LogP contribution in [0.15, 0.2) is 35.0 Å². The highest BCUT2D eigenvalue weighted by Gasteiger charge is 2.13. The topological polar surface area (TPSA) is 38.1 Å². The molecular weight excluding hydrogens is 224 g/mol. The number of pyridine rings is 1. The van der Waals surface area contributed by atoms with E-state index in [1.807, 2.05) is 25.4 Å². The van der Waals surface area contributed by atoms with Gasteiger partial charge in [-0.1, -0.05) is 13.8 Å². The molecule has 96 valence electrons. The summed E-state index contributed by atoms with van der Waals surface area (Å²) in [6, 6.07) is 6.45. The van der Waals surface area contributed by atoms with Crippen LogP contribution in [-0.2, 0) is 0 Å². The molecular formula is C15H20N2O. The van der Waals surface area contributed by atoms with Gasteiger partial charge in [-0.3, -0.25) is 4.98 Å². The number of hydrogen-bond acceptors (Lipinski definition) is 3. The molecule has 0 bridgehead atoms. The minimum Gasteiger partial charge on any atom is -0.459 e. The third-order valence-electron chi connectivity index (χ3n) is 2.99. The Hall–Kier alpha value is -1.61. The highest BCUT2D eigenvalue weighted by molar-refractivity contribution is 5.57. The highest BCUT2D eigenvalue weighted by atomic mass is 16.3. The second-order valence-corrected chi connectivity index (χ2v) is 4.47. The molecule has 1 N–H and O–H groups in total. The Kier molecular flexibility index (Phi) is 4.15. The van der Waals surface area contributed by atoms with Gasteiger partial charge in [0.25, 0.3) is 0 Å². The summed E-state index contributed by atoms with van der Waals surface area (Å²) in [5, 5.41) is 3.42. The first-order valence-corrected chi connectivity index (χ1v) is 6.49. The standard InChI is InChI=1S/C15H20N2O/c1-4-13(17-5-2)15-7-6-14(18-15)12-8-11(3)9-16-10-12/h6-10,13,17H,4-5H2,1-3H3. The number of aryl methyl sites for hydroxylation is 1. The van der Waals surface area contributed by atoms with Gasteiger partial charge in [-0.15, -0.1) is 0 Å². The van der Waals surface area contributed by atoms with Crippen molar-refractivity contribution < 1.29 is 4.42 Å². The first-order chi connectivity index (χ1) is 8.74. The first-order valence-electron chi connectivity index (χ1n) is 6.49. The molecule has 2 rings (SSSR count). The summed E-state index contributed by atoms with van der Waals surface area (Å²) in [6.45, 7) is 7.25. The molecule has 1 unspecified atom stereocenters. The van der Waals surface area contributed by atoms with Gasteiger partial charge >= 0.3 is 0 Å². The smallest absolute Gasteiger partial charge is 0.135 e. The average Bonchev–Trinajstić information content (AvgIpc) is 2.85. The molecule has 2 heterocycles. The monoisotopic (exact) mass is 244 g/mol. The maximum atomic E-state index is 5.93. The quantitative estimate of drug-likeness (QED) is 0.871. The molecule has 18 heavy (non-hydrogen) atoms. The normalized spacial score (nSPS) is 12.6. The van der Waals surface area contributed by atoms with E-state index in [1.54, 1.807) is 0 Å². The van der Waals surface area contributed by atoms with Crippen LogP contribution in [0.25, 0.3) is 11.3 Å². The second kappa shape index (κ2) is 5.83. The SMILES string of the molecule is CCNC(CC)c1ccc(-c2cncc(C)c2)o1. The molecule has 3 heteroatoms. The maximum Gasteiger partial charge on any atom is 0.135 e. The lowest BCUT2D eigenvalue weighted by Crippen LogP contribution is -2.19. The third kappa shape index (κ3) is 2.79. The summed E-state index contributed by atoms with van der Waals surface area (Å²) in [4.78, 5) is 4.20. The van der Waals surface area contributed by atoms with Crippen LogP contribution in [-0.4, -0.2) is 11.5 Å². The van der Waals surface area contributed by atoms with Crippen LogP contribution < -0.4 is 5.32 Å². The van der Waals surface area contributed by atoms with Crippen molar-refractivity contribution >= 4 is 0 Å². The summed E-state index contributed by atoms with van der Waals surface area (Å²) >= 11 is 0. The zero-order valence-corrected chi connectivity index (χ0v) is 11.2. The molecule has 3 nitrogen and oxygen atoms in total. The van der Waals surface area contributed by atoms with Gasteiger partial charge in [-0.2, -0.15) is 0 Å². The fourth-order valence-corrected chi connectivity index (χ4v) is 2.08. The van der Waals surface area contributed by atoms with Gasteiger partial charge in [-0.25, -0.2) is 0 Å². The number of furan rings is 1. The Morgan fingerprint density at radius 2 is 2.11 bits per heavy atom. The van der Waals surface area contributed by atoms with Crippen molar-refractivity contribution in [2.24, 2.45) is 0 Å². The Morgan fingerprint density at radius 1 is 1.28 bits per heavy atom. The molecule has 0 aromatic carbocycles. The Morgan fingerprint density at radius 3 is 2.78 bits per heavy atom. The minimum absolute atomic E-state index is 0.293. The minimum atomic E-state index is 0.293. The number of hydrogen-bond donors (Lipinski definition) is 1. The number of nitrogens with zero attached hydrogens (tertiary/aromatic N) is 1. The van der Waals surface area contributed by atoms with Gasteiger partial charge in [0.15, 0.2) is 0 Å². The van der Waals surface area contributed by atoms with Gasteiger partial charge in [-0.05, 0) is 43.7 Å². The van der Waals surface area contributed by atoms with Crippen LogP contribution in [0.4, 0.5) is 0 Å². The molecule has 0 amide bonds. The summed E-state index contributed by atoms with van der Waals surface area (Å²) in [5.41, 5.74) is 2.18. The van der Waals surface area contributed by atoms with Gasteiger partial charge in [0.05, 0.1) is 6.04 Å². The van der Waals surface area contributed by atoms with Crippen molar-refractivity contribution in [1.82, 2.24) is 10.3 Å². The highest BCUT2D eigenvalue weighted by Crippen LogP contribution is 2.26. The van der Waals surface area contributed by atoms with Gasteiger partial charge in [0.1, 0.15) is 11.5 Å². The Labute approximate surface area is 108 Å². The fraction of sp³-hybridized carbons (Fsp3) is 0.400. The largest absolute Gasteiger partial charge is 0.459 e. The van der Waals surface area contributed by atoms with E-state index in [0.29, 0.717) is 6.04 Å². The van der Waals surface area contributed by atoms with E-state index in [2.05, 4.69) is 36.3 Å². The van der Waals surface area contributed by atoms with Crippen LogP contribution in [0.3, 0.4) is 0 Å². The van der Waals surface area contributed by atoms with E-state index in [9.17, 15) is 0 Å². The van der Waals surface area contributed by atoms with E-state index in [1.165, 1.54) is 0 Å². The zero-order valence-electron chi connectivity index (χ0n) is 11.2. The summed E-state index contributed by atoms with van der Waals surface area (Å²) in [7, 11) is 0. The first kappa shape index (κ1) is 12.8. The molecule has 1 atom stereocenters. The second-order valence-electron chi connectivity index (χ2n) is 4.47. The van der Waals surface area contributed by atoms with E-state index in [-0.39, 0.29) is 0 Å². The van der Waals surface area contributed by atoms with Crippen LogP contribution in [0.5, 0.6) is 0 Å². The number of aromatic nitrogens is 1. The molecule has 0 spiro atoms. The lowest BCUT2D eigenvalue weighted by Gasteiger charge is -2.12. The average molecular weight is 244 g/mol. The van der Waals surface area contributed by atoms with Gasteiger partial charge < -0.3 is 9.73 Å². The van der Waals surface area contributed by atoms with E-state index < -0.39 is 0 Å². The van der Waals surface area contributed by atoms with Gasteiger partial charge in [0.2, 0.25) is 0 Å². The number of nitrogens with one attached hydrogen (secondary N) is 1. The summed E-state index contributed by atoms with van der Waals surface area (Å²) in [5.74, 6) is 1.88. The molecule has 0 aliphatic heterocycles. The van der Waals surface area contributed by atoms with Crippen LogP contribution in [0.2, 0.25) is 0 Å². The van der Waals surface area contributed by atoms with Crippen molar-refractivity contribution in [3.8, 4) is 11.3 Å². The fourth-order valence-electron chi connectivity index (χ4n) is 2.08. The van der Waals surface area contributed by atoms with Crippen LogP contribution >= 0.6 is 0 Å². The Balaban J connectivity index is 2.24. The predicted octanol–water partition coefficient (Wildman–Crippen LogP) is 3.71. The lowest BCUT2D eigenvalue weighted by atomic mass is 10.1. The van der Waals surface area contributed by atoms with Crippen LogP contribution in [0, 0.1) is 6.92 Å². The van der Waals surface area contributed by atoms with Crippen molar-refractivity contribution in [2.75, 3.05) is 6.54 Å². The van der Waals surface area contributed by atoms with Crippen LogP contribution in [0.1, 0.15) is 37.6 Å². The zero-order chi connectivity index (χ0) is 13.0. The molecule has 0 fully saturated rings. The molecule has 0 saturated carbocycles. The van der Waals surface area contributed by atoms with Crippen molar-refractivity contribution in [1.29, 1.82) is 0 Å². The van der Waals surface area contributed by atoms with Crippen molar-refractivity contribution in [3.05, 3.63) is 41.9 Å². The van der Waals surface area contributed by atoms with Gasteiger partial charge in [0, 0.05) is 18.0 Å². The molecule has 0 saturated heterocycles. The molecule has 0 radical (unpaired) electrons.